The maximum absolute atomic E-state index is 10.8. The van der Waals surface area contributed by atoms with Gasteiger partial charge in [-0.15, -0.1) is 11.6 Å². The van der Waals surface area contributed by atoms with E-state index in [-0.39, 0.29) is 11.4 Å². The summed E-state index contributed by atoms with van der Waals surface area (Å²) >= 11 is 5.65. The number of carboxylic acid groups (broad SMARTS) is 1. The van der Waals surface area contributed by atoms with Crippen molar-refractivity contribution in [2.75, 3.05) is 0 Å². The van der Waals surface area contributed by atoms with Gasteiger partial charge in [-0.3, -0.25) is 0 Å². The number of H-pyrrole nitrogens is 1. The summed E-state index contributed by atoms with van der Waals surface area (Å²) in [6.07, 6.45) is 1.52. The van der Waals surface area contributed by atoms with E-state index in [2.05, 4.69) is 9.97 Å². The Hall–Kier alpha value is -1.55. The van der Waals surface area contributed by atoms with Gasteiger partial charge in [-0.25, -0.2) is 9.78 Å². The molecule has 0 spiro atoms. The Labute approximate surface area is 84.5 Å². The second-order valence-corrected chi connectivity index (χ2v) is 3.14. The van der Waals surface area contributed by atoms with Crippen molar-refractivity contribution in [3.05, 3.63) is 29.6 Å². The van der Waals surface area contributed by atoms with Gasteiger partial charge in [-0.2, -0.15) is 0 Å². The number of imidazole rings is 1. The van der Waals surface area contributed by atoms with Gasteiger partial charge in [-0.05, 0) is 17.7 Å². The standard InChI is InChI=1S/C9H7ClN2O2/c10-3-5-1-7-8(12-4-11-7)2-6(5)9(13)14/h1-2,4H,3H2,(H,11,12)(H,13,14). The van der Waals surface area contributed by atoms with Crippen molar-refractivity contribution in [1.82, 2.24) is 9.97 Å². The number of benzene rings is 1. The number of aromatic amines is 1. The minimum absolute atomic E-state index is 0.177. The monoisotopic (exact) mass is 210 g/mol. The van der Waals surface area contributed by atoms with Crippen LogP contribution in [-0.4, -0.2) is 21.0 Å². The maximum Gasteiger partial charge on any atom is 0.336 e. The molecule has 1 aromatic heterocycles. The molecule has 2 rings (SSSR count). The van der Waals surface area contributed by atoms with Crippen LogP contribution in [-0.2, 0) is 5.88 Å². The third-order valence-corrected chi connectivity index (χ3v) is 2.31. The van der Waals surface area contributed by atoms with E-state index in [0.717, 1.165) is 5.52 Å². The van der Waals surface area contributed by atoms with Crippen LogP contribution in [0.25, 0.3) is 11.0 Å². The van der Waals surface area contributed by atoms with Gasteiger partial charge >= 0.3 is 5.97 Å². The van der Waals surface area contributed by atoms with Crippen LogP contribution in [0.4, 0.5) is 0 Å². The van der Waals surface area contributed by atoms with Crippen LogP contribution >= 0.6 is 11.6 Å². The lowest BCUT2D eigenvalue weighted by atomic mass is 10.1. The molecule has 0 bridgehead atoms. The summed E-state index contributed by atoms with van der Waals surface area (Å²) in [6.45, 7) is 0. The van der Waals surface area contributed by atoms with Gasteiger partial charge in [0.05, 0.1) is 22.9 Å². The molecule has 4 nitrogen and oxygen atoms in total. The van der Waals surface area contributed by atoms with Gasteiger partial charge in [0.2, 0.25) is 0 Å². The van der Waals surface area contributed by atoms with E-state index in [1.807, 2.05) is 0 Å². The van der Waals surface area contributed by atoms with Crippen molar-refractivity contribution in [3.8, 4) is 0 Å². The molecule has 1 heterocycles. The molecule has 72 valence electrons. The van der Waals surface area contributed by atoms with Gasteiger partial charge in [0.1, 0.15) is 0 Å². The van der Waals surface area contributed by atoms with Crippen molar-refractivity contribution in [2.24, 2.45) is 0 Å². The summed E-state index contributed by atoms with van der Waals surface area (Å²) in [4.78, 5) is 17.7. The number of aromatic nitrogens is 2. The summed E-state index contributed by atoms with van der Waals surface area (Å²) in [5.41, 5.74) is 2.23. The van der Waals surface area contributed by atoms with Crippen LogP contribution in [0, 0.1) is 0 Å². The smallest absolute Gasteiger partial charge is 0.336 e. The van der Waals surface area contributed by atoms with Crippen LogP contribution < -0.4 is 0 Å². The number of nitrogens with zero attached hydrogens (tertiary/aromatic N) is 1. The first-order chi connectivity index (χ1) is 6.72. The molecular weight excluding hydrogens is 204 g/mol. The summed E-state index contributed by atoms with van der Waals surface area (Å²) in [7, 11) is 0. The zero-order valence-electron chi connectivity index (χ0n) is 7.12. The highest BCUT2D eigenvalue weighted by Gasteiger charge is 2.11. The van der Waals surface area contributed by atoms with E-state index >= 15 is 0 Å². The third kappa shape index (κ3) is 1.33. The van der Waals surface area contributed by atoms with Crippen molar-refractivity contribution < 1.29 is 9.90 Å². The number of nitrogens with one attached hydrogen (secondary N) is 1. The van der Waals surface area contributed by atoms with Crippen LogP contribution in [0.3, 0.4) is 0 Å². The summed E-state index contributed by atoms with van der Waals surface area (Å²) in [5.74, 6) is -0.804. The Morgan fingerprint density at radius 1 is 1.57 bits per heavy atom. The maximum atomic E-state index is 10.8. The normalized spacial score (nSPS) is 10.6. The van der Waals surface area contributed by atoms with Crippen molar-refractivity contribution >= 4 is 28.6 Å². The first-order valence-corrected chi connectivity index (χ1v) is 4.51. The lowest BCUT2D eigenvalue weighted by Crippen LogP contribution is -2.01. The van der Waals surface area contributed by atoms with Crippen LogP contribution in [0.15, 0.2) is 18.5 Å². The quantitative estimate of drug-likeness (QED) is 0.745. The Bertz CT molecular complexity index is 493. The van der Waals surface area contributed by atoms with Crippen LogP contribution in [0.2, 0.25) is 0 Å². The molecule has 0 atom stereocenters. The van der Waals surface area contributed by atoms with E-state index in [1.165, 1.54) is 12.4 Å². The van der Waals surface area contributed by atoms with E-state index in [4.69, 9.17) is 16.7 Å². The average molecular weight is 211 g/mol. The van der Waals surface area contributed by atoms with E-state index in [0.29, 0.717) is 11.1 Å². The summed E-state index contributed by atoms with van der Waals surface area (Å²) in [6, 6.07) is 3.23. The molecule has 0 aliphatic rings. The second-order valence-electron chi connectivity index (χ2n) is 2.87. The molecule has 14 heavy (non-hydrogen) atoms. The summed E-state index contributed by atoms with van der Waals surface area (Å²) < 4.78 is 0. The fourth-order valence-corrected chi connectivity index (χ4v) is 1.56. The summed E-state index contributed by atoms with van der Waals surface area (Å²) in [5, 5.41) is 8.90. The topological polar surface area (TPSA) is 66.0 Å². The van der Waals surface area contributed by atoms with Crippen molar-refractivity contribution in [2.45, 2.75) is 5.88 Å². The van der Waals surface area contributed by atoms with Crippen LogP contribution in [0.1, 0.15) is 15.9 Å². The predicted molar refractivity (Wildman–Crippen MR) is 52.6 cm³/mol. The van der Waals surface area contributed by atoms with Crippen LogP contribution in [0.5, 0.6) is 0 Å². The molecule has 0 saturated heterocycles. The lowest BCUT2D eigenvalue weighted by molar-refractivity contribution is 0.0696. The zero-order chi connectivity index (χ0) is 10.1. The van der Waals surface area contributed by atoms with Crippen molar-refractivity contribution in [1.29, 1.82) is 0 Å². The molecule has 0 aliphatic carbocycles. The fraction of sp³-hybridized carbons (Fsp3) is 0.111. The van der Waals surface area contributed by atoms with Gasteiger partial charge < -0.3 is 10.1 Å². The highest BCUT2D eigenvalue weighted by molar-refractivity contribution is 6.17. The lowest BCUT2D eigenvalue weighted by Gasteiger charge is -2.01. The van der Waals surface area contributed by atoms with Gasteiger partial charge in [0.15, 0.2) is 0 Å². The van der Waals surface area contributed by atoms with E-state index in [9.17, 15) is 4.79 Å². The minimum Gasteiger partial charge on any atom is -0.478 e. The Morgan fingerprint density at radius 3 is 3.00 bits per heavy atom. The molecule has 0 amide bonds. The molecule has 2 aromatic rings. The second kappa shape index (κ2) is 3.31. The predicted octanol–water partition coefficient (Wildman–Crippen LogP) is 2.00. The molecule has 0 saturated carbocycles. The molecule has 1 aromatic carbocycles. The molecule has 0 radical (unpaired) electrons. The first-order valence-electron chi connectivity index (χ1n) is 3.97. The number of alkyl halides is 1. The highest BCUT2D eigenvalue weighted by atomic mass is 35.5. The largest absolute Gasteiger partial charge is 0.478 e. The fourth-order valence-electron chi connectivity index (χ4n) is 1.34. The number of halogens is 1. The molecule has 2 N–H and O–H groups in total. The number of rotatable bonds is 2. The molecule has 5 heteroatoms. The minimum atomic E-state index is -0.981. The number of hydrogen-bond donors (Lipinski definition) is 2. The highest BCUT2D eigenvalue weighted by Crippen LogP contribution is 2.18. The van der Waals surface area contributed by atoms with Gasteiger partial charge in [-0.1, -0.05) is 0 Å². The third-order valence-electron chi connectivity index (χ3n) is 2.02. The Balaban J connectivity index is 2.72. The molecule has 0 fully saturated rings. The average Bonchev–Trinajstić information content (AvgIpc) is 2.62. The van der Waals surface area contributed by atoms with Crippen molar-refractivity contribution in [3.63, 3.8) is 0 Å². The first kappa shape index (κ1) is 9.02. The van der Waals surface area contributed by atoms with E-state index in [1.54, 1.807) is 6.07 Å². The SMILES string of the molecule is O=C(O)c1cc2nc[nH]c2cc1CCl. The number of carbonyl (C=O) groups is 1. The number of aromatic carboxylic acids is 1. The number of carboxylic acids is 1. The van der Waals surface area contributed by atoms with Gasteiger partial charge in [0, 0.05) is 5.88 Å². The zero-order valence-corrected chi connectivity index (χ0v) is 7.88. The van der Waals surface area contributed by atoms with E-state index < -0.39 is 5.97 Å². The molecule has 0 unspecified atom stereocenters. The van der Waals surface area contributed by atoms with Gasteiger partial charge in [0.25, 0.3) is 0 Å². The Morgan fingerprint density at radius 2 is 2.36 bits per heavy atom. The molecule has 0 aliphatic heterocycles. The number of hydrogen-bond acceptors (Lipinski definition) is 2. The number of fused-ring (bicyclic) bond motifs is 1. The Kier molecular flexibility index (Phi) is 2.13. The molecular formula is C9H7ClN2O2.